The standard InChI is InChI=1S/C17H19FN2O5S/c1-24-14-7-8-15(16(10-14)25-2)20(26(3,22)23)11-17(21)19-13-6-4-5-12(18)9-13/h4-10H,11H2,1-3H3,(H,19,21). The van der Waals surface area contributed by atoms with E-state index in [1.165, 1.54) is 44.6 Å². The van der Waals surface area contributed by atoms with Crippen LogP contribution in [0.15, 0.2) is 42.5 Å². The number of hydrogen-bond donors (Lipinski definition) is 1. The molecular formula is C17H19FN2O5S. The van der Waals surface area contributed by atoms with E-state index in [2.05, 4.69) is 5.32 Å². The summed E-state index contributed by atoms with van der Waals surface area (Å²) < 4.78 is 48.8. The van der Waals surface area contributed by atoms with Crippen molar-refractivity contribution in [2.45, 2.75) is 0 Å². The molecule has 0 aliphatic heterocycles. The summed E-state index contributed by atoms with van der Waals surface area (Å²) in [7, 11) is -0.940. The minimum atomic E-state index is -3.79. The van der Waals surface area contributed by atoms with Crippen LogP contribution < -0.4 is 19.1 Å². The van der Waals surface area contributed by atoms with Crippen LogP contribution in [0.25, 0.3) is 0 Å². The summed E-state index contributed by atoms with van der Waals surface area (Å²) in [5, 5.41) is 2.46. The largest absolute Gasteiger partial charge is 0.497 e. The van der Waals surface area contributed by atoms with Crippen LogP contribution in [0.3, 0.4) is 0 Å². The molecule has 0 unspecified atom stereocenters. The van der Waals surface area contributed by atoms with E-state index in [4.69, 9.17) is 9.47 Å². The number of ether oxygens (including phenoxy) is 2. The highest BCUT2D eigenvalue weighted by molar-refractivity contribution is 7.92. The molecule has 9 heteroatoms. The van der Waals surface area contributed by atoms with Crippen LogP contribution >= 0.6 is 0 Å². The summed E-state index contributed by atoms with van der Waals surface area (Å²) in [6.45, 7) is -0.502. The van der Waals surface area contributed by atoms with Crippen LogP contribution in [0.5, 0.6) is 11.5 Å². The maximum Gasteiger partial charge on any atom is 0.245 e. The summed E-state index contributed by atoms with van der Waals surface area (Å²) in [4.78, 5) is 12.3. The molecule has 0 bridgehead atoms. The summed E-state index contributed by atoms with van der Waals surface area (Å²) in [6.07, 6.45) is 0.978. The molecule has 0 spiro atoms. The Hall–Kier alpha value is -2.81. The van der Waals surface area contributed by atoms with Crippen molar-refractivity contribution < 1.29 is 27.1 Å². The first-order valence-corrected chi connectivity index (χ1v) is 9.34. The van der Waals surface area contributed by atoms with E-state index in [0.717, 1.165) is 16.6 Å². The lowest BCUT2D eigenvalue weighted by Crippen LogP contribution is -2.37. The molecule has 0 fully saturated rings. The fourth-order valence-corrected chi connectivity index (χ4v) is 3.13. The molecule has 0 atom stereocenters. The van der Waals surface area contributed by atoms with Crippen molar-refractivity contribution in [3.63, 3.8) is 0 Å². The number of sulfonamides is 1. The first-order valence-electron chi connectivity index (χ1n) is 7.49. The van der Waals surface area contributed by atoms with Gasteiger partial charge in [-0.3, -0.25) is 9.10 Å². The molecule has 1 N–H and O–H groups in total. The molecule has 2 aromatic rings. The molecule has 0 aliphatic carbocycles. The van der Waals surface area contributed by atoms with Gasteiger partial charge in [0.05, 0.1) is 26.2 Å². The van der Waals surface area contributed by atoms with Crippen LogP contribution in [-0.2, 0) is 14.8 Å². The second kappa shape index (κ2) is 8.05. The van der Waals surface area contributed by atoms with Gasteiger partial charge in [0, 0.05) is 11.8 Å². The number of nitrogens with one attached hydrogen (secondary N) is 1. The van der Waals surface area contributed by atoms with Gasteiger partial charge in [-0.15, -0.1) is 0 Å². The second-order valence-electron chi connectivity index (χ2n) is 5.37. The number of anilines is 2. The lowest BCUT2D eigenvalue weighted by Gasteiger charge is -2.24. The third-order valence-corrected chi connectivity index (χ3v) is 4.58. The van der Waals surface area contributed by atoms with Gasteiger partial charge < -0.3 is 14.8 Å². The van der Waals surface area contributed by atoms with Crippen molar-refractivity contribution in [1.29, 1.82) is 0 Å². The number of amides is 1. The summed E-state index contributed by atoms with van der Waals surface area (Å²) >= 11 is 0. The highest BCUT2D eigenvalue weighted by Gasteiger charge is 2.24. The predicted molar refractivity (Wildman–Crippen MR) is 96.8 cm³/mol. The maximum atomic E-state index is 13.2. The monoisotopic (exact) mass is 382 g/mol. The molecule has 0 saturated carbocycles. The van der Waals surface area contributed by atoms with Crippen molar-refractivity contribution in [3.8, 4) is 11.5 Å². The zero-order valence-electron chi connectivity index (χ0n) is 14.5. The summed E-state index contributed by atoms with van der Waals surface area (Å²) in [6, 6.07) is 9.86. The van der Waals surface area contributed by atoms with Crippen LogP contribution in [0, 0.1) is 5.82 Å². The number of benzene rings is 2. The molecule has 0 aromatic heterocycles. The third kappa shape index (κ3) is 4.85. The zero-order valence-corrected chi connectivity index (χ0v) is 15.3. The maximum absolute atomic E-state index is 13.2. The molecule has 0 saturated heterocycles. The first kappa shape index (κ1) is 19.5. The van der Waals surface area contributed by atoms with Gasteiger partial charge in [-0.05, 0) is 30.3 Å². The van der Waals surface area contributed by atoms with Gasteiger partial charge in [0.25, 0.3) is 0 Å². The van der Waals surface area contributed by atoms with Gasteiger partial charge in [-0.1, -0.05) is 6.07 Å². The van der Waals surface area contributed by atoms with Gasteiger partial charge in [-0.25, -0.2) is 12.8 Å². The molecule has 2 rings (SSSR count). The minimum Gasteiger partial charge on any atom is -0.497 e. The van der Waals surface area contributed by atoms with Gasteiger partial charge in [0.2, 0.25) is 15.9 Å². The Kier molecular flexibility index (Phi) is 6.04. The molecule has 1 amide bonds. The molecule has 7 nitrogen and oxygen atoms in total. The molecule has 0 radical (unpaired) electrons. The average molecular weight is 382 g/mol. The van der Waals surface area contributed by atoms with Crippen LogP contribution in [0.1, 0.15) is 0 Å². The van der Waals surface area contributed by atoms with E-state index in [1.807, 2.05) is 0 Å². The van der Waals surface area contributed by atoms with Gasteiger partial charge in [-0.2, -0.15) is 0 Å². The van der Waals surface area contributed by atoms with Gasteiger partial charge in [0.15, 0.2) is 0 Å². The van der Waals surface area contributed by atoms with E-state index in [9.17, 15) is 17.6 Å². The Bertz CT molecular complexity index is 902. The number of carbonyl (C=O) groups is 1. The molecule has 26 heavy (non-hydrogen) atoms. The zero-order chi connectivity index (χ0) is 19.3. The van der Waals surface area contributed by atoms with E-state index < -0.39 is 28.3 Å². The number of hydrogen-bond acceptors (Lipinski definition) is 5. The third-order valence-electron chi connectivity index (χ3n) is 3.45. The first-order chi connectivity index (χ1) is 12.2. The number of nitrogens with zero attached hydrogens (tertiary/aromatic N) is 1. The van der Waals surface area contributed by atoms with Crippen LogP contribution in [0.2, 0.25) is 0 Å². The fourth-order valence-electron chi connectivity index (χ4n) is 2.27. The molecule has 0 aliphatic rings. The molecule has 2 aromatic carbocycles. The van der Waals surface area contributed by atoms with E-state index in [1.54, 1.807) is 6.07 Å². The number of rotatable bonds is 7. The fraction of sp³-hybridized carbons (Fsp3) is 0.235. The van der Waals surface area contributed by atoms with Crippen molar-refractivity contribution in [2.75, 3.05) is 36.6 Å². The van der Waals surface area contributed by atoms with E-state index in [0.29, 0.717) is 5.75 Å². The van der Waals surface area contributed by atoms with Crippen molar-refractivity contribution in [3.05, 3.63) is 48.3 Å². The topological polar surface area (TPSA) is 84.9 Å². The van der Waals surface area contributed by atoms with Crippen LogP contribution in [-0.4, -0.2) is 41.3 Å². The molecular weight excluding hydrogens is 363 g/mol. The minimum absolute atomic E-state index is 0.185. The Morgan fingerprint density at radius 3 is 2.46 bits per heavy atom. The second-order valence-corrected chi connectivity index (χ2v) is 7.27. The molecule has 140 valence electrons. The Balaban J connectivity index is 2.30. The van der Waals surface area contributed by atoms with Gasteiger partial charge in [0.1, 0.15) is 23.9 Å². The quantitative estimate of drug-likeness (QED) is 0.794. The number of halogens is 1. The average Bonchev–Trinajstić information content (AvgIpc) is 2.58. The smallest absolute Gasteiger partial charge is 0.245 e. The van der Waals surface area contributed by atoms with E-state index >= 15 is 0 Å². The van der Waals surface area contributed by atoms with E-state index in [-0.39, 0.29) is 17.1 Å². The Morgan fingerprint density at radius 2 is 1.88 bits per heavy atom. The van der Waals surface area contributed by atoms with Crippen LogP contribution in [0.4, 0.5) is 15.8 Å². The predicted octanol–water partition coefficient (Wildman–Crippen LogP) is 2.25. The highest BCUT2D eigenvalue weighted by Crippen LogP contribution is 2.33. The number of methoxy groups -OCH3 is 2. The number of carbonyl (C=O) groups excluding carboxylic acids is 1. The van der Waals surface area contributed by atoms with Crippen molar-refractivity contribution in [1.82, 2.24) is 0 Å². The van der Waals surface area contributed by atoms with Crippen molar-refractivity contribution >= 4 is 27.3 Å². The molecule has 0 heterocycles. The SMILES string of the molecule is COc1ccc(N(CC(=O)Nc2cccc(F)c2)S(C)(=O)=O)c(OC)c1. The normalized spacial score (nSPS) is 10.9. The Morgan fingerprint density at radius 1 is 1.15 bits per heavy atom. The lowest BCUT2D eigenvalue weighted by molar-refractivity contribution is -0.114. The summed E-state index contributed by atoms with van der Waals surface area (Å²) in [5.74, 6) is -0.435. The van der Waals surface area contributed by atoms with Gasteiger partial charge >= 0.3 is 0 Å². The Labute approximate surface area is 151 Å². The highest BCUT2D eigenvalue weighted by atomic mass is 32.2. The summed E-state index contributed by atoms with van der Waals surface area (Å²) in [5.41, 5.74) is 0.412. The lowest BCUT2D eigenvalue weighted by atomic mass is 10.2. The van der Waals surface area contributed by atoms with Crippen molar-refractivity contribution in [2.24, 2.45) is 0 Å².